The monoisotopic (exact) mass is 256 g/mol. The minimum Gasteiger partial charge on any atom is -0.396 e. The lowest BCUT2D eigenvalue weighted by molar-refractivity contribution is -0.385. The van der Waals surface area contributed by atoms with Crippen molar-refractivity contribution in [2.24, 2.45) is 5.92 Å². The standard InChI is InChI=1S/C12H17FN2O3/c1-2-9(5-6-16)8-14-12-4-3-10(15(17)18)7-11(12)13/h3-4,7,9,14,16H,2,5-6,8H2,1H3. The Bertz CT molecular complexity index is 412. The fourth-order valence-electron chi connectivity index (χ4n) is 1.65. The zero-order valence-electron chi connectivity index (χ0n) is 10.2. The van der Waals surface area contributed by atoms with Crippen LogP contribution in [0.4, 0.5) is 15.8 Å². The molecule has 0 fully saturated rings. The molecule has 0 bridgehead atoms. The summed E-state index contributed by atoms with van der Waals surface area (Å²) in [4.78, 5) is 9.82. The Hall–Kier alpha value is -1.69. The molecule has 0 spiro atoms. The van der Waals surface area contributed by atoms with Crippen molar-refractivity contribution < 1.29 is 14.4 Å². The lowest BCUT2D eigenvalue weighted by Crippen LogP contribution is -2.15. The van der Waals surface area contributed by atoms with E-state index in [0.29, 0.717) is 13.0 Å². The molecule has 0 radical (unpaired) electrons. The molecule has 0 saturated carbocycles. The Morgan fingerprint density at radius 1 is 1.56 bits per heavy atom. The van der Waals surface area contributed by atoms with Gasteiger partial charge >= 0.3 is 0 Å². The summed E-state index contributed by atoms with van der Waals surface area (Å²) in [7, 11) is 0. The summed E-state index contributed by atoms with van der Waals surface area (Å²) in [6.07, 6.45) is 1.53. The molecule has 5 nitrogen and oxygen atoms in total. The molecule has 1 unspecified atom stereocenters. The molecule has 0 amide bonds. The van der Waals surface area contributed by atoms with Gasteiger partial charge in [-0.05, 0) is 18.4 Å². The summed E-state index contributed by atoms with van der Waals surface area (Å²) >= 11 is 0. The van der Waals surface area contributed by atoms with Crippen LogP contribution in [0.1, 0.15) is 19.8 Å². The number of anilines is 1. The first-order valence-corrected chi connectivity index (χ1v) is 5.87. The Balaban J connectivity index is 2.65. The van der Waals surface area contributed by atoms with E-state index in [0.717, 1.165) is 12.5 Å². The zero-order valence-corrected chi connectivity index (χ0v) is 10.2. The molecule has 0 saturated heterocycles. The van der Waals surface area contributed by atoms with Gasteiger partial charge in [0.15, 0.2) is 5.82 Å². The predicted octanol–water partition coefficient (Wildman–Crippen LogP) is 2.55. The highest BCUT2D eigenvalue weighted by atomic mass is 19.1. The number of nitro groups is 1. The quantitative estimate of drug-likeness (QED) is 0.580. The number of nitrogens with zero attached hydrogens (tertiary/aromatic N) is 1. The number of nitrogens with one attached hydrogen (secondary N) is 1. The smallest absolute Gasteiger partial charge is 0.272 e. The Kier molecular flexibility index (Phi) is 5.51. The fraction of sp³-hybridized carbons (Fsp3) is 0.500. The fourth-order valence-corrected chi connectivity index (χ4v) is 1.65. The van der Waals surface area contributed by atoms with Crippen molar-refractivity contribution in [3.8, 4) is 0 Å². The van der Waals surface area contributed by atoms with Crippen molar-refractivity contribution in [1.82, 2.24) is 0 Å². The highest BCUT2D eigenvalue weighted by Crippen LogP contribution is 2.21. The average Bonchev–Trinajstić information content (AvgIpc) is 2.35. The van der Waals surface area contributed by atoms with Gasteiger partial charge in [-0.1, -0.05) is 13.3 Å². The van der Waals surface area contributed by atoms with Gasteiger partial charge in [0.1, 0.15) is 0 Å². The maximum absolute atomic E-state index is 13.5. The van der Waals surface area contributed by atoms with Crippen LogP contribution in [-0.4, -0.2) is 23.2 Å². The van der Waals surface area contributed by atoms with Crippen LogP contribution in [0.5, 0.6) is 0 Å². The summed E-state index contributed by atoms with van der Waals surface area (Å²) in [5, 5.41) is 22.2. The lowest BCUT2D eigenvalue weighted by Gasteiger charge is -2.15. The second-order valence-electron chi connectivity index (χ2n) is 4.09. The number of hydrogen-bond donors (Lipinski definition) is 2. The molecule has 1 atom stereocenters. The number of nitro benzene ring substituents is 1. The van der Waals surface area contributed by atoms with E-state index in [1.807, 2.05) is 6.92 Å². The molecule has 1 rings (SSSR count). The van der Waals surface area contributed by atoms with Gasteiger partial charge < -0.3 is 10.4 Å². The average molecular weight is 256 g/mol. The summed E-state index contributed by atoms with van der Waals surface area (Å²) in [5.41, 5.74) is -0.0163. The van der Waals surface area contributed by atoms with E-state index in [9.17, 15) is 14.5 Å². The molecule has 2 N–H and O–H groups in total. The van der Waals surface area contributed by atoms with Crippen molar-refractivity contribution in [2.45, 2.75) is 19.8 Å². The lowest BCUT2D eigenvalue weighted by atomic mass is 10.0. The Morgan fingerprint density at radius 2 is 2.28 bits per heavy atom. The summed E-state index contributed by atoms with van der Waals surface area (Å²) in [6.45, 7) is 2.63. The summed E-state index contributed by atoms with van der Waals surface area (Å²) in [6, 6.07) is 3.52. The van der Waals surface area contributed by atoms with Gasteiger partial charge in [-0.3, -0.25) is 10.1 Å². The molecular formula is C12H17FN2O3. The molecule has 0 aliphatic heterocycles. The minimum absolute atomic E-state index is 0.100. The Morgan fingerprint density at radius 3 is 2.78 bits per heavy atom. The van der Waals surface area contributed by atoms with Crippen molar-refractivity contribution in [1.29, 1.82) is 0 Å². The van der Waals surface area contributed by atoms with E-state index in [2.05, 4.69) is 5.32 Å². The van der Waals surface area contributed by atoms with E-state index in [-0.39, 0.29) is 23.9 Å². The number of hydrogen-bond acceptors (Lipinski definition) is 4. The highest BCUT2D eigenvalue weighted by molar-refractivity contribution is 5.50. The van der Waals surface area contributed by atoms with E-state index in [1.54, 1.807) is 0 Å². The molecule has 0 aromatic heterocycles. The van der Waals surface area contributed by atoms with Crippen LogP contribution < -0.4 is 5.32 Å². The Labute approximate surface area is 105 Å². The van der Waals surface area contributed by atoms with Gasteiger partial charge in [0.2, 0.25) is 0 Å². The first-order valence-electron chi connectivity index (χ1n) is 5.87. The third-order valence-electron chi connectivity index (χ3n) is 2.86. The van der Waals surface area contributed by atoms with Crippen molar-refractivity contribution in [2.75, 3.05) is 18.5 Å². The van der Waals surface area contributed by atoms with Crippen LogP contribution in [0.25, 0.3) is 0 Å². The van der Waals surface area contributed by atoms with E-state index >= 15 is 0 Å². The maximum atomic E-state index is 13.5. The molecule has 1 aromatic carbocycles. The number of benzene rings is 1. The second-order valence-corrected chi connectivity index (χ2v) is 4.09. The SMILES string of the molecule is CCC(CCO)CNc1ccc([N+](=O)[O-])cc1F. The van der Waals surface area contributed by atoms with Gasteiger partial charge in [-0.2, -0.15) is 0 Å². The largest absolute Gasteiger partial charge is 0.396 e. The maximum Gasteiger partial charge on any atom is 0.272 e. The van der Waals surface area contributed by atoms with E-state index < -0.39 is 10.7 Å². The summed E-state index contributed by atoms with van der Waals surface area (Å²) in [5.74, 6) is -0.382. The van der Waals surface area contributed by atoms with Crippen LogP contribution >= 0.6 is 0 Å². The first kappa shape index (κ1) is 14.4. The molecule has 18 heavy (non-hydrogen) atoms. The zero-order chi connectivity index (χ0) is 13.5. The third kappa shape index (κ3) is 3.96. The molecule has 1 aromatic rings. The highest BCUT2D eigenvalue weighted by Gasteiger charge is 2.12. The molecule has 0 aliphatic rings. The number of aliphatic hydroxyl groups excluding tert-OH is 1. The van der Waals surface area contributed by atoms with Crippen molar-refractivity contribution in [3.05, 3.63) is 34.1 Å². The first-order chi connectivity index (χ1) is 8.58. The topological polar surface area (TPSA) is 75.4 Å². The predicted molar refractivity (Wildman–Crippen MR) is 67.0 cm³/mol. The van der Waals surface area contributed by atoms with Crippen LogP contribution in [0.2, 0.25) is 0 Å². The summed E-state index contributed by atoms with van der Waals surface area (Å²) < 4.78 is 13.5. The molecule has 100 valence electrons. The molecular weight excluding hydrogens is 239 g/mol. The van der Waals surface area contributed by atoms with Gasteiger partial charge in [0, 0.05) is 19.2 Å². The van der Waals surface area contributed by atoms with Gasteiger partial charge in [-0.15, -0.1) is 0 Å². The molecule has 6 heteroatoms. The number of rotatable bonds is 7. The van der Waals surface area contributed by atoms with Crippen LogP contribution in [-0.2, 0) is 0 Å². The number of aliphatic hydroxyl groups is 1. The second kappa shape index (κ2) is 6.90. The minimum atomic E-state index is -0.636. The van der Waals surface area contributed by atoms with Gasteiger partial charge in [0.25, 0.3) is 5.69 Å². The molecule has 0 heterocycles. The van der Waals surface area contributed by atoms with E-state index in [4.69, 9.17) is 5.11 Å². The number of non-ortho nitro benzene ring substituents is 1. The van der Waals surface area contributed by atoms with Crippen molar-refractivity contribution >= 4 is 11.4 Å². The van der Waals surface area contributed by atoms with Crippen LogP contribution in [0.3, 0.4) is 0 Å². The van der Waals surface area contributed by atoms with E-state index in [1.165, 1.54) is 12.1 Å². The molecule has 0 aliphatic carbocycles. The van der Waals surface area contributed by atoms with Gasteiger partial charge in [0.05, 0.1) is 16.7 Å². The third-order valence-corrected chi connectivity index (χ3v) is 2.86. The van der Waals surface area contributed by atoms with Gasteiger partial charge in [-0.25, -0.2) is 4.39 Å². The van der Waals surface area contributed by atoms with Crippen molar-refractivity contribution in [3.63, 3.8) is 0 Å². The number of halogens is 1. The normalized spacial score (nSPS) is 12.2. The van der Waals surface area contributed by atoms with Crippen LogP contribution in [0.15, 0.2) is 18.2 Å². The van der Waals surface area contributed by atoms with Crippen LogP contribution in [0, 0.1) is 21.8 Å².